The summed E-state index contributed by atoms with van der Waals surface area (Å²) in [7, 11) is 0. The van der Waals surface area contributed by atoms with Crippen LogP contribution in [0.3, 0.4) is 0 Å². The molecule has 1 atom stereocenters. The van der Waals surface area contributed by atoms with E-state index in [-0.39, 0.29) is 23.0 Å². The van der Waals surface area contributed by atoms with Crippen LogP contribution in [0.1, 0.15) is 41.5 Å². The Bertz CT molecular complexity index is 1040. The van der Waals surface area contributed by atoms with Crippen LogP contribution >= 0.6 is 0 Å². The molecule has 3 aromatic rings. The Morgan fingerprint density at radius 3 is 2.81 bits per heavy atom. The maximum absolute atomic E-state index is 13.0. The van der Waals surface area contributed by atoms with Crippen molar-refractivity contribution >= 4 is 17.1 Å². The standard InChI is InChI=1S/C19H22N6O2/c1-3-13-6-8-14(9-7-13)19(27)24-10-4-5-15(24)11-25-17-16(22-23-25)18(26)21-12(2)20-17/h6-9,15H,3-5,10-11H2,1-2H3,(H,20,21,26)/t15-/m1/s1. The second-order valence-corrected chi connectivity index (χ2v) is 6.94. The van der Waals surface area contributed by atoms with Crippen LogP contribution in [0.25, 0.3) is 11.2 Å². The Hall–Kier alpha value is -3.03. The largest absolute Gasteiger partial charge is 0.334 e. The third-order valence-electron chi connectivity index (χ3n) is 5.12. The summed E-state index contributed by atoms with van der Waals surface area (Å²) in [6.07, 6.45) is 2.79. The predicted molar refractivity (Wildman–Crippen MR) is 101 cm³/mol. The third kappa shape index (κ3) is 3.22. The minimum atomic E-state index is -0.292. The fraction of sp³-hybridized carbons (Fsp3) is 0.421. The lowest BCUT2D eigenvalue weighted by molar-refractivity contribution is 0.0722. The van der Waals surface area contributed by atoms with Crippen molar-refractivity contribution in [3.05, 3.63) is 51.6 Å². The van der Waals surface area contributed by atoms with Crippen LogP contribution in [0.2, 0.25) is 0 Å². The summed E-state index contributed by atoms with van der Waals surface area (Å²) in [4.78, 5) is 33.8. The maximum Gasteiger partial charge on any atom is 0.281 e. The molecule has 3 heterocycles. The Balaban J connectivity index is 1.58. The summed E-state index contributed by atoms with van der Waals surface area (Å²) >= 11 is 0. The maximum atomic E-state index is 13.0. The zero-order valence-electron chi connectivity index (χ0n) is 15.5. The van der Waals surface area contributed by atoms with E-state index >= 15 is 0 Å². The monoisotopic (exact) mass is 366 g/mol. The van der Waals surface area contributed by atoms with Gasteiger partial charge in [0.25, 0.3) is 11.5 Å². The van der Waals surface area contributed by atoms with Crippen molar-refractivity contribution in [3.8, 4) is 0 Å². The molecule has 1 aliphatic rings. The van der Waals surface area contributed by atoms with Crippen molar-refractivity contribution in [2.24, 2.45) is 0 Å². The van der Waals surface area contributed by atoms with Crippen molar-refractivity contribution in [1.29, 1.82) is 0 Å². The molecule has 27 heavy (non-hydrogen) atoms. The molecule has 0 saturated carbocycles. The molecule has 0 bridgehead atoms. The molecule has 2 aromatic heterocycles. The quantitative estimate of drug-likeness (QED) is 0.758. The number of amides is 1. The number of aryl methyl sites for hydroxylation is 2. The summed E-state index contributed by atoms with van der Waals surface area (Å²) in [5.41, 5.74) is 2.31. The van der Waals surface area contributed by atoms with Gasteiger partial charge in [0.15, 0.2) is 11.2 Å². The van der Waals surface area contributed by atoms with E-state index in [4.69, 9.17) is 0 Å². The number of aromatic amines is 1. The minimum absolute atomic E-state index is 0.00893. The van der Waals surface area contributed by atoms with Crippen LogP contribution < -0.4 is 5.56 Å². The van der Waals surface area contributed by atoms with E-state index in [1.807, 2.05) is 29.2 Å². The van der Waals surface area contributed by atoms with Gasteiger partial charge in [-0.25, -0.2) is 9.67 Å². The first-order chi connectivity index (χ1) is 13.1. The first kappa shape index (κ1) is 17.4. The molecule has 0 spiro atoms. The number of hydrogen-bond donors (Lipinski definition) is 1. The average Bonchev–Trinajstić information content (AvgIpc) is 3.29. The number of nitrogens with one attached hydrogen (secondary N) is 1. The van der Waals surface area contributed by atoms with Crippen LogP contribution in [-0.4, -0.2) is 48.4 Å². The number of fused-ring (bicyclic) bond motifs is 1. The number of carbonyl (C=O) groups excluding carboxylic acids is 1. The van der Waals surface area contributed by atoms with Gasteiger partial charge in [-0.2, -0.15) is 0 Å². The molecular weight excluding hydrogens is 344 g/mol. The third-order valence-corrected chi connectivity index (χ3v) is 5.12. The fourth-order valence-corrected chi connectivity index (χ4v) is 3.64. The lowest BCUT2D eigenvalue weighted by Gasteiger charge is -2.24. The molecule has 8 nitrogen and oxygen atoms in total. The van der Waals surface area contributed by atoms with Gasteiger partial charge in [0, 0.05) is 12.1 Å². The van der Waals surface area contributed by atoms with E-state index in [9.17, 15) is 9.59 Å². The number of rotatable bonds is 4. The molecule has 0 radical (unpaired) electrons. The van der Waals surface area contributed by atoms with Crippen molar-refractivity contribution in [2.75, 3.05) is 6.54 Å². The smallest absolute Gasteiger partial charge is 0.281 e. The van der Waals surface area contributed by atoms with Gasteiger partial charge in [-0.1, -0.05) is 24.3 Å². The molecule has 8 heteroatoms. The van der Waals surface area contributed by atoms with Crippen LogP contribution in [0.4, 0.5) is 0 Å². The molecule has 1 saturated heterocycles. The van der Waals surface area contributed by atoms with Crippen LogP contribution in [-0.2, 0) is 13.0 Å². The molecule has 1 fully saturated rings. The van der Waals surface area contributed by atoms with Gasteiger partial charge in [-0.05, 0) is 43.9 Å². The fourth-order valence-electron chi connectivity index (χ4n) is 3.64. The van der Waals surface area contributed by atoms with Crippen molar-refractivity contribution < 1.29 is 4.79 Å². The lowest BCUT2D eigenvalue weighted by atomic mass is 10.1. The zero-order chi connectivity index (χ0) is 19.0. The molecule has 0 aliphatic carbocycles. The first-order valence-corrected chi connectivity index (χ1v) is 9.27. The molecule has 1 aromatic carbocycles. The molecule has 0 unspecified atom stereocenters. The summed E-state index contributed by atoms with van der Waals surface area (Å²) in [5.74, 6) is 0.554. The topological polar surface area (TPSA) is 96.8 Å². The Morgan fingerprint density at radius 1 is 1.30 bits per heavy atom. The molecular formula is C19H22N6O2. The van der Waals surface area contributed by atoms with Crippen LogP contribution in [0, 0.1) is 6.92 Å². The van der Waals surface area contributed by atoms with Crippen molar-refractivity contribution in [2.45, 2.75) is 45.7 Å². The number of nitrogens with zero attached hydrogens (tertiary/aromatic N) is 5. The summed E-state index contributed by atoms with van der Waals surface area (Å²) in [5, 5.41) is 8.05. The minimum Gasteiger partial charge on any atom is -0.334 e. The van der Waals surface area contributed by atoms with E-state index in [0.29, 0.717) is 23.6 Å². The Labute approximate surface area is 156 Å². The number of aromatic nitrogens is 5. The Kier molecular flexibility index (Phi) is 4.47. The molecule has 1 aliphatic heterocycles. The second-order valence-electron chi connectivity index (χ2n) is 6.94. The van der Waals surface area contributed by atoms with Gasteiger partial charge < -0.3 is 9.88 Å². The van der Waals surface area contributed by atoms with E-state index < -0.39 is 0 Å². The molecule has 1 amide bonds. The number of likely N-dealkylation sites (tertiary alicyclic amines) is 1. The normalized spacial score (nSPS) is 17.0. The van der Waals surface area contributed by atoms with Crippen LogP contribution in [0.15, 0.2) is 29.1 Å². The van der Waals surface area contributed by atoms with Gasteiger partial charge in [0.1, 0.15) is 5.82 Å². The van der Waals surface area contributed by atoms with Gasteiger partial charge in [0.05, 0.1) is 12.6 Å². The number of carbonyl (C=O) groups is 1. The average molecular weight is 366 g/mol. The SMILES string of the molecule is CCc1ccc(C(=O)N2CCC[C@@H]2Cn2nnc3c(=O)[nH]c(C)nc32)cc1. The van der Waals surface area contributed by atoms with Gasteiger partial charge in [-0.15, -0.1) is 5.10 Å². The van der Waals surface area contributed by atoms with Crippen molar-refractivity contribution in [3.63, 3.8) is 0 Å². The van der Waals surface area contributed by atoms with Gasteiger partial charge >= 0.3 is 0 Å². The van der Waals surface area contributed by atoms with E-state index in [1.54, 1.807) is 11.6 Å². The zero-order valence-corrected chi connectivity index (χ0v) is 15.5. The summed E-state index contributed by atoms with van der Waals surface area (Å²) in [6.45, 7) is 5.02. The highest BCUT2D eigenvalue weighted by atomic mass is 16.2. The Morgan fingerprint density at radius 2 is 2.07 bits per heavy atom. The highest BCUT2D eigenvalue weighted by molar-refractivity contribution is 5.94. The molecule has 140 valence electrons. The molecule has 4 rings (SSSR count). The van der Waals surface area contributed by atoms with E-state index in [0.717, 1.165) is 25.8 Å². The van der Waals surface area contributed by atoms with E-state index in [2.05, 4.69) is 27.2 Å². The number of H-pyrrole nitrogens is 1. The highest BCUT2D eigenvalue weighted by Crippen LogP contribution is 2.22. The van der Waals surface area contributed by atoms with Gasteiger partial charge in [-0.3, -0.25) is 9.59 Å². The highest BCUT2D eigenvalue weighted by Gasteiger charge is 2.30. The summed E-state index contributed by atoms with van der Waals surface area (Å²) < 4.78 is 1.63. The first-order valence-electron chi connectivity index (χ1n) is 9.27. The van der Waals surface area contributed by atoms with E-state index in [1.165, 1.54) is 5.56 Å². The van der Waals surface area contributed by atoms with Gasteiger partial charge in [0.2, 0.25) is 0 Å². The molecule has 1 N–H and O–H groups in total. The van der Waals surface area contributed by atoms with Crippen LogP contribution in [0.5, 0.6) is 0 Å². The second kappa shape index (κ2) is 6.94. The summed E-state index contributed by atoms with van der Waals surface area (Å²) in [6, 6.07) is 7.80. The number of benzene rings is 1. The number of hydrogen-bond acceptors (Lipinski definition) is 5. The predicted octanol–water partition coefficient (Wildman–Crippen LogP) is 1.69. The van der Waals surface area contributed by atoms with Crippen molar-refractivity contribution in [1.82, 2.24) is 29.9 Å². The lowest BCUT2D eigenvalue weighted by Crippen LogP contribution is -2.38.